The molecule has 2 N–H and O–H groups in total. The minimum absolute atomic E-state index is 0.0124. The molecule has 0 unspecified atom stereocenters. The molecular weight excluding hydrogens is 398 g/mol. The molecule has 0 saturated carbocycles. The maximum Gasteiger partial charge on any atom is 0.328 e. The van der Waals surface area contributed by atoms with Crippen molar-refractivity contribution in [2.75, 3.05) is 11.1 Å². The standard InChI is InChI=1S/C24H19NO4S/c26-22(19-11-9-18(10-12-19)17-5-2-1-3-6-17)16-30-21-8-4-7-20(15-21)25-23(27)13-14-24(28)29/h1-15H,16H2,(H,25,27)(H,28,29)/b14-13+. The van der Waals surface area contributed by atoms with Crippen molar-refractivity contribution in [3.63, 3.8) is 0 Å². The first-order chi connectivity index (χ1) is 14.5. The highest BCUT2D eigenvalue weighted by Crippen LogP contribution is 2.24. The fourth-order valence-corrected chi connectivity index (χ4v) is 3.56. The summed E-state index contributed by atoms with van der Waals surface area (Å²) < 4.78 is 0. The number of nitrogens with one attached hydrogen (secondary N) is 1. The van der Waals surface area contributed by atoms with Crippen LogP contribution >= 0.6 is 11.8 Å². The summed E-state index contributed by atoms with van der Waals surface area (Å²) in [5.74, 6) is -1.45. The van der Waals surface area contributed by atoms with Gasteiger partial charge in [-0.3, -0.25) is 9.59 Å². The van der Waals surface area contributed by atoms with Gasteiger partial charge in [0.05, 0.1) is 5.75 Å². The molecule has 0 saturated heterocycles. The van der Waals surface area contributed by atoms with E-state index in [1.165, 1.54) is 11.8 Å². The highest BCUT2D eigenvalue weighted by molar-refractivity contribution is 8.00. The van der Waals surface area contributed by atoms with Gasteiger partial charge in [-0.1, -0.05) is 60.7 Å². The van der Waals surface area contributed by atoms with Crippen molar-refractivity contribution < 1.29 is 19.5 Å². The van der Waals surface area contributed by atoms with Gasteiger partial charge in [0.1, 0.15) is 0 Å². The van der Waals surface area contributed by atoms with Crippen molar-refractivity contribution >= 4 is 35.1 Å². The third-order valence-electron chi connectivity index (χ3n) is 4.16. The normalized spacial score (nSPS) is 10.7. The molecule has 0 aromatic heterocycles. The number of anilines is 1. The Bertz CT molecular complexity index is 1080. The van der Waals surface area contributed by atoms with Gasteiger partial charge in [0.15, 0.2) is 5.78 Å². The quantitative estimate of drug-likeness (QED) is 0.309. The summed E-state index contributed by atoms with van der Waals surface area (Å²) in [4.78, 5) is 35.5. The number of carboxylic acid groups (broad SMARTS) is 1. The molecule has 0 radical (unpaired) electrons. The Hall–Kier alpha value is -3.64. The molecule has 0 atom stereocenters. The molecule has 3 aromatic rings. The smallest absolute Gasteiger partial charge is 0.328 e. The van der Waals surface area contributed by atoms with Gasteiger partial charge in [-0.05, 0) is 29.3 Å². The summed E-state index contributed by atoms with van der Waals surface area (Å²) in [6.45, 7) is 0. The molecule has 30 heavy (non-hydrogen) atoms. The Morgan fingerprint density at radius 2 is 1.53 bits per heavy atom. The molecule has 6 heteroatoms. The van der Waals surface area contributed by atoms with Crippen LogP contribution in [0, 0.1) is 0 Å². The maximum atomic E-state index is 12.5. The van der Waals surface area contributed by atoms with Gasteiger partial charge in [0.25, 0.3) is 0 Å². The van der Waals surface area contributed by atoms with Gasteiger partial charge >= 0.3 is 5.97 Å². The molecule has 3 aromatic carbocycles. The first kappa shape index (κ1) is 21.1. The second kappa shape index (κ2) is 10.2. The fourth-order valence-electron chi connectivity index (χ4n) is 2.71. The monoisotopic (exact) mass is 417 g/mol. The Kier molecular flexibility index (Phi) is 7.19. The lowest BCUT2D eigenvalue weighted by Crippen LogP contribution is -2.08. The van der Waals surface area contributed by atoms with Crippen LogP contribution in [0.4, 0.5) is 5.69 Å². The molecule has 0 bridgehead atoms. The lowest BCUT2D eigenvalue weighted by atomic mass is 10.0. The number of benzene rings is 3. The molecule has 0 aliphatic carbocycles. The topological polar surface area (TPSA) is 83.5 Å². The average molecular weight is 417 g/mol. The highest BCUT2D eigenvalue weighted by Gasteiger charge is 2.08. The molecule has 5 nitrogen and oxygen atoms in total. The van der Waals surface area contributed by atoms with E-state index >= 15 is 0 Å². The van der Waals surface area contributed by atoms with Crippen LogP contribution in [0.25, 0.3) is 11.1 Å². The van der Waals surface area contributed by atoms with E-state index in [0.717, 1.165) is 28.2 Å². The van der Waals surface area contributed by atoms with Crippen molar-refractivity contribution in [1.29, 1.82) is 0 Å². The van der Waals surface area contributed by atoms with Crippen LogP contribution in [-0.4, -0.2) is 28.5 Å². The van der Waals surface area contributed by atoms with E-state index in [-0.39, 0.29) is 11.5 Å². The Balaban J connectivity index is 1.58. The van der Waals surface area contributed by atoms with Crippen molar-refractivity contribution in [1.82, 2.24) is 0 Å². The van der Waals surface area contributed by atoms with E-state index in [1.807, 2.05) is 60.7 Å². The summed E-state index contributed by atoms with van der Waals surface area (Å²) in [5, 5.41) is 11.2. The zero-order chi connectivity index (χ0) is 21.3. The summed E-state index contributed by atoms with van der Waals surface area (Å²) >= 11 is 1.37. The molecule has 0 spiro atoms. The van der Waals surface area contributed by atoms with Crippen molar-refractivity contribution in [3.8, 4) is 11.1 Å². The molecule has 150 valence electrons. The third-order valence-corrected chi connectivity index (χ3v) is 5.16. The number of aliphatic carboxylic acids is 1. The molecule has 0 aliphatic rings. The molecule has 1 amide bonds. The van der Waals surface area contributed by atoms with Crippen LogP contribution in [0.3, 0.4) is 0 Å². The van der Waals surface area contributed by atoms with Crippen molar-refractivity contribution in [3.05, 3.63) is 96.6 Å². The summed E-state index contributed by atoms with van der Waals surface area (Å²) in [6.07, 6.45) is 1.72. The number of carbonyl (C=O) groups is 3. The zero-order valence-electron chi connectivity index (χ0n) is 15.9. The number of Topliss-reactive ketones (excluding diaryl/α,β-unsaturated/α-hetero) is 1. The van der Waals surface area contributed by atoms with Crippen LogP contribution < -0.4 is 5.32 Å². The minimum Gasteiger partial charge on any atom is -0.478 e. The van der Waals surface area contributed by atoms with Crippen molar-refractivity contribution in [2.24, 2.45) is 0 Å². The second-order valence-electron chi connectivity index (χ2n) is 6.34. The van der Waals surface area contributed by atoms with Gasteiger partial charge in [0, 0.05) is 28.3 Å². The fraction of sp³-hybridized carbons (Fsp3) is 0.0417. The molecular formula is C24H19NO4S. The van der Waals surface area contributed by atoms with Crippen LogP contribution in [0.5, 0.6) is 0 Å². The predicted molar refractivity (Wildman–Crippen MR) is 119 cm³/mol. The van der Waals surface area contributed by atoms with E-state index in [1.54, 1.807) is 18.2 Å². The Morgan fingerprint density at radius 3 is 2.23 bits per heavy atom. The van der Waals surface area contributed by atoms with E-state index in [9.17, 15) is 14.4 Å². The predicted octanol–water partition coefficient (Wildman–Crippen LogP) is 4.91. The lowest BCUT2D eigenvalue weighted by molar-refractivity contribution is -0.131. The Morgan fingerprint density at radius 1 is 0.833 bits per heavy atom. The molecule has 0 aliphatic heterocycles. The summed E-state index contributed by atoms with van der Waals surface area (Å²) in [7, 11) is 0. The van der Waals surface area contributed by atoms with Gasteiger partial charge in [-0.2, -0.15) is 0 Å². The number of hydrogen-bond donors (Lipinski definition) is 2. The average Bonchev–Trinajstić information content (AvgIpc) is 2.77. The number of thioether (sulfide) groups is 1. The van der Waals surface area contributed by atoms with Gasteiger partial charge < -0.3 is 10.4 Å². The van der Waals surface area contributed by atoms with Crippen LogP contribution in [-0.2, 0) is 9.59 Å². The number of carboxylic acids is 1. The largest absolute Gasteiger partial charge is 0.478 e. The minimum atomic E-state index is -1.19. The van der Waals surface area contributed by atoms with Gasteiger partial charge in [-0.25, -0.2) is 4.79 Å². The second-order valence-corrected chi connectivity index (χ2v) is 7.39. The van der Waals surface area contributed by atoms with Crippen molar-refractivity contribution in [2.45, 2.75) is 4.90 Å². The van der Waals surface area contributed by atoms with Crippen LogP contribution in [0.15, 0.2) is 95.9 Å². The van der Waals surface area contributed by atoms with Gasteiger partial charge in [0.2, 0.25) is 5.91 Å². The number of carbonyl (C=O) groups excluding carboxylic acids is 2. The molecule has 3 rings (SSSR count). The highest BCUT2D eigenvalue weighted by atomic mass is 32.2. The summed E-state index contributed by atoms with van der Waals surface area (Å²) in [5.41, 5.74) is 3.33. The van der Waals surface area contributed by atoms with E-state index in [4.69, 9.17) is 5.11 Å². The van der Waals surface area contributed by atoms with E-state index < -0.39 is 11.9 Å². The number of hydrogen-bond acceptors (Lipinski definition) is 4. The number of ketones is 1. The lowest BCUT2D eigenvalue weighted by Gasteiger charge is -2.06. The molecule has 0 fully saturated rings. The van der Waals surface area contributed by atoms with Crippen LogP contribution in [0.2, 0.25) is 0 Å². The molecule has 0 heterocycles. The first-order valence-corrected chi connectivity index (χ1v) is 10.1. The Labute approximate surface area is 178 Å². The first-order valence-electron chi connectivity index (χ1n) is 9.15. The number of amides is 1. The van der Waals surface area contributed by atoms with Gasteiger partial charge in [-0.15, -0.1) is 11.8 Å². The zero-order valence-corrected chi connectivity index (χ0v) is 16.8. The third kappa shape index (κ3) is 6.18. The van der Waals surface area contributed by atoms with E-state index in [2.05, 4.69) is 5.32 Å². The van der Waals surface area contributed by atoms with E-state index in [0.29, 0.717) is 11.3 Å². The SMILES string of the molecule is O=C(O)/C=C/C(=O)Nc1cccc(SCC(=O)c2ccc(-c3ccccc3)cc2)c1. The summed E-state index contributed by atoms with van der Waals surface area (Å²) in [6, 6.07) is 24.5. The van der Waals surface area contributed by atoms with Crippen LogP contribution in [0.1, 0.15) is 10.4 Å². The maximum absolute atomic E-state index is 12.5. The number of rotatable bonds is 8.